The Morgan fingerprint density at radius 2 is 2.21 bits per heavy atom. The fourth-order valence-electron chi connectivity index (χ4n) is 3.44. The van der Waals surface area contributed by atoms with Gasteiger partial charge < -0.3 is 19.9 Å². The molecule has 0 spiro atoms. The van der Waals surface area contributed by atoms with Crippen molar-refractivity contribution in [3.8, 4) is 0 Å². The quantitative estimate of drug-likeness (QED) is 0.432. The number of aromatic amines is 2. The second-order valence-electron chi connectivity index (χ2n) is 6.84. The predicted octanol–water partition coefficient (Wildman–Crippen LogP) is 2.60. The van der Waals surface area contributed by atoms with Gasteiger partial charge in [0.25, 0.3) is 5.91 Å². The Hall–Kier alpha value is -3.05. The minimum absolute atomic E-state index is 0.00556. The molecular formula is C18H17BrN8O2. The zero-order chi connectivity index (χ0) is 20.0. The van der Waals surface area contributed by atoms with Gasteiger partial charge in [-0.25, -0.2) is 15.0 Å². The zero-order valence-electron chi connectivity index (χ0n) is 15.4. The normalized spacial score (nSPS) is 17.2. The van der Waals surface area contributed by atoms with Crippen molar-refractivity contribution in [2.24, 2.45) is 0 Å². The summed E-state index contributed by atoms with van der Waals surface area (Å²) < 4.78 is 6.06. The van der Waals surface area contributed by atoms with E-state index in [0.29, 0.717) is 52.4 Å². The van der Waals surface area contributed by atoms with Gasteiger partial charge in [0, 0.05) is 11.9 Å². The van der Waals surface area contributed by atoms with Gasteiger partial charge in [0.2, 0.25) is 0 Å². The van der Waals surface area contributed by atoms with Crippen LogP contribution in [0.5, 0.6) is 0 Å². The van der Waals surface area contributed by atoms with E-state index in [0.717, 1.165) is 11.1 Å². The minimum Gasteiger partial charge on any atom is -0.377 e. The van der Waals surface area contributed by atoms with Gasteiger partial charge in [0.05, 0.1) is 47.2 Å². The molecule has 29 heavy (non-hydrogen) atoms. The van der Waals surface area contributed by atoms with Gasteiger partial charge in [-0.1, -0.05) is 0 Å². The molecule has 10 nitrogen and oxygen atoms in total. The first kappa shape index (κ1) is 18.0. The lowest BCUT2D eigenvalue weighted by atomic mass is 10.2. The second-order valence-corrected chi connectivity index (χ2v) is 7.63. The van der Waals surface area contributed by atoms with E-state index in [1.165, 1.54) is 6.33 Å². The number of fused-ring (bicyclic) bond motifs is 2. The van der Waals surface area contributed by atoms with E-state index in [4.69, 9.17) is 4.74 Å². The number of hydrogen-bond acceptors (Lipinski definition) is 7. The van der Waals surface area contributed by atoms with Gasteiger partial charge >= 0.3 is 0 Å². The molecule has 0 radical (unpaired) electrons. The molecule has 1 aliphatic heterocycles. The van der Waals surface area contributed by atoms with E-state index in [9.17, 15) is 4.79 Å². The van der Waals surface area contributed by atoms with Crippen LogP contribution < -0.4 is 5.32 Å². The van der Waals surface area contributed by atoms with Crippen molar-refractivity contribution < 1.29 is 9.53 Å². The molecule has 4 aromatic rings. The molecule has 4 aromatic heterocycles. The maximum Gasteiger partial charge on any atom is 0.271 e. The molecule has 0 saturated carbocycles. The smallest absolute Gasteiger partial charge is 0.271 e. The molecule has 3 N–H and O–H groups in total. The molecule has 5 heterocycles. The van der Waals surface area contributed by atoms with Crippen molar-refractivity contribution in [3.63, 3.8) is 0 Å². The van der Waals surface area contributed by atoms with Gasteiger partial charge in [-0.2, -0.15) is 5.10 Å². The van der Waals surface area contributed by atoms with Crippen LogP contribution >= 0.6 is 15.9 Å². The van der Waals surface area contributed by atoms with Crippen molar-refractivity contribution in [2.75, 3.05) is 25.1 Å². The Labute approximate surface area is 173 Å². The molecule has 1 atom stereocenters. The lowest BCUT2D eigenvalue weighted by molar-refractivity contribution is 0.00327. The van der Waals surface area contributed by atoms with Crippen LogP contribution in [0.25, 0.3) is 22.1 Å². The summed E-state index contributed by atoms with van der Waals surface area (Å²) in [7, 11) is 0. The summed E-state index contributed by atoms with van der Waals surface area (Å²) in [5.74, 6) is 0.468. The fourth-order valence-corrected chi connectivity index (χ4v) is 4.09. The molecule has 148 valence electrons. The first-order valence-electron chi connectivity index (χ1n) is 9.09. The van der Waals surface area contributed by atoms with Crippen molar-refractivity contribution >= 4 is 55.4 Å². The van der Waals surface area contributed by atoms with Crippen LogP contribution in [0, 0.1) is 0 Å². The van der Waals surface area contributed by atoms with E-state index in [-0.39, 0.29) is 11.9 Å². The number of pyridine rings is 1. The topological polar surface area (TPSA) is 125 Å². The number of carbonyl (C=O) groups is 1. The highest BCUT2D eigenvalue weighted by molar-refractivity contribution is 9.10. The Bertz CT molecular complexity index is 1220. The summed E-state index contributed by atoms with van der Waals surface area (Å²) in [6.45, 7) is 3.58. The van der Waals surface area contributed by atoms with Crippen LogP contribution in [-0.4, -0.2) is 66.7 Å². The van der Waals surface area contributed by atoms with E-state index in [2.05, 4.69) is 51.4 Å². The first-order valence-corrected chi connectivity index (χ1v) is 9.88. The van der Waals surface area contributed by atoms with Crippen molar-refractivity contribution in [1.29, 1.82) is 0 Å². The second kappa shape index (κ2) is 7.08. The summed E-state index contributed by atoms with van der Waals surface area (Å²) in [4.78, 5) is 31.0. The van der Waals surface area contributed by atoms with Gasteiger partial charge in [0.15, 0.2) is 5.65 Å². The van der Waals surface area contributed by atoms with Crippen LogP contribution in [0.3, 0.4) is 0 Å². The minimum atomic E-state index is -0.0990. The van der Waals surface area contributed by atoms with E-state index in [1.807, 2.05) is 13.0 Å². The van der Waals surface area contributed by atoms with Crippen molar-refractivity contribution in [2.45, 2.75) is 13.0 Å². The van der Waals surface area contributed by atoms with E-state index in [1.54, 1.807) is 17.3 Å². The number of rotatable bonds is 3. The summed E-state index contributed by atoms with van der Waals surface area (Å²) in [6, 6.07) is 1.92. The highest BCUT2D eigenvalue weighted by atomic mass is 79.9. The van der Waals surface area contributed by atoms with Crippen molar-refractivity contribution in [1.82, 2.24) is 35.0 Å². The number of ether oxygens (including phenoxy) is 1. The summed E-state index contributed by atoms with van der Waals surface area (Å²) in [5.41, 5.74) is 2.47. The number of morpholine rings is 1. The number of anilines is 2. The molecule has 0 aromatic carbocycles. The lowest BCUT2D eigenvalue weighted by Gasteiger charge is -2.33. The highest BCUT2D eigenvalue weighted by Gasteiger charge is 2.29. The Morgan fingerprint density at radius 1 is 1.31 bits per heavy atom. The molecular weight excluding hydrogens is 440 g/mol. The number of aromatic nitrogens is 6. The third-order valence-corrected chi connectivity index (χ3v) is 5.72. The van der Waals surface area contributed by atoms with Crippen molar-refractivity contribution in [3.05, 3.63) is 35.0 Å². The maximum atomic E-state index is 13.1. The van der Waals surface area contributed by atoms with Gasteiger partial charge in [0.1, 0.15) is 23.5 Å². The maximum absolute atomic E-state index is 13.1. The fraction of sp³-hybridized carbons (Fsp3) is 0.278. The Morgan fingerprint density at radius 3 is 3.07 bits per heavy atom. The molecule has 0 bridgehead atoms. The third kappa shape index (κ3) is 3.12. The monoisotopic (exact) mass is 456 g/mol. The number of nitrogens with one attached hydrogen (secondary N) is 3. The largest absolute Gasteiger partial charge is 0.377 e. The van der Waals surface area contributed by atoms with Gasteiger partial charge in [-0.05, 0) is 28.9 Å². The Balaban J connectivity index is 1.52. The van der Waals surface area contributed by atoms with Crippen LogP contribution in [-0.2, 0) is 4.74 Å². The lowest BCUT2D eigenvalue weighted by Crippen LogP contribution is -2.47. The number of nitrogens with zero attached hydrogens (tertiary/aromatic N) is 5. The molecule has 5 rings (SSSR count). The average Bonchev–Trinajstić information content (AvgIpc) is 3.32. The number of halogens is 1. The number of H-pyrrole nitrogens is 2. The molecule has 0 aliphatic carbocycles. The molecule has 1 saturated heterocycles. The average molecular weight is 457 g/mol. The number of hydrogen-bond donors (Lipinski definition) is 3. The third-order valence-electron chi connectivity index (χ3n) is 4.93. The molecule has 1 amide bonds. The molecule has 11 heteroatoms. The number of amides is 1. The van der Waals surface area contributed by atoms with Crippen LogP contribution in [0.15, 0.2) is 29.3 Å². The van der Waals surface area contributed by atoms with E-state index < -0.39 is 0 Å². The summed E-state index contributed by atoms with van der Waals surface area (Å²) in [6.07, 6.45) is 4.84. The standard InChI is InChI=1S/C18H17BrN8O2/c1-9-7-29-3-2-27(9)18(28)14-13(19)12-16(21-8-22-17(12)25-14)24-11-4-10-5-23-26-15(10)20-6-11/h4-6,8-9H,2-3,7H2,1H3,(H,20,23,26)(H2,21,22,24,25)/t9-/m0/s1. The number of carbonyl (C=O) groups excluding carboxylic acids is 1. The Kier molecular flexibility index (Phi) is 4.40. The highest BCUT2D eigenvalue weighted by Crippen LogP contribution is 2.34. The van der Waals surface area contributed by atoms with Gasteiger partial charge in [-0.15, -0.1) is 0 Å². The summed E-state index contributed by atoms with van der Waals surface area (Å²) >= 11 is 3.58. The summed E-state index contributed by atoms with van der Waals surface area (Å²) in [5, 5.41) is 11.6. The zero-order valence-corrected chi connectivity index (χ0v) is 17.0. The first-order chi connectivity index (χ1) is 14.1. The SMILES string of the molecule is C[C@H]1COCCN1C(=O)c1[nH]c2ncnc(Nc3cnc4[nH]ncc4c3)c2c1Br. The van der Waals surface area contributed by atoms with E-state index >= 15 is 0 Å². The van der Waals surface area contributed by atoms with Crippen LogP contribution in [0.4, 0.5) is 11.5 Å². The predicted molar refractivity (Wildman–Crippen MR) is 110 cm³/mol. The molecule has 0 unspecified atom stereocenters. The van der Waals surface area contributed by atoms with Gasteiger partial charge in [-0.3, -0.25) is 9.89 Å². The molecule has 1 fully saturated rings. The van der Waals surface area contributed by atoms with Crippen LogP contribution in [0.2, 0.25) is 0 Å². The van der Waals surface area contributed by atoms with Crippen LogP contribution in [0.1, 0.15) is 17.4 Å². The molecule has 1 aliphatic rings.